The van der Waals surface area contributed by atoms with Crippen molar-refractivity contribution >= 4 is 52.1 Å². The van der Waals surface area contributed by atoms with Gasteiger partial charge in [-0.3, -0.25) is 30.1 Å². The highest BCUT2D eigenvalue weighted by Gasteiger charge is 2.30. The minimum absolute atomic E-state index is 0.0161. The summed E-state index contributed by atoms with van der Waals surface area (Å²) in [4.78, 5) is 57.3. The lowest BCUT2D eigenvalue weighted by molar-refractivity contribution is -0.387. The molecule has 15 nitrogen and oxygen atoms in total. The van der Waals surface area contributed by atoms with E-state index < -0.39 is 22.9 Å². The van der Waals surface area contributed by atoms with Gasteiger partial charge in [0.25, 0.3) is 5.69 Å². The van der Waals surface area contributed by atoms with Crippen molar-refractivity contribution < 1.29 is 14.5 Å². The fourth-order valence-electron chi connectivity index (χ4n) is 8.41. The molecule has 0 radical (unpaired) electrons. The number of carbonyl (C=O) groups is 2. The van der Waals surface area contributed by atoms with Gasteiger partial charge in [0.2, 0.25) is 17.8 Å². The second-order valence-corrected chi connectivity index (χ2v) is 16.6. The minimum Gasteiger partial charge on any atom is -0.368 e. The van der Waals surface area contributed by atoms with E-state index in [2.05, 4.69) is 35.3 Å². The summed E-state index contributed by atoms with van der Waals surface area (Å²) >= 11 is 1.22. The Bertz CT molecular complexity index is 1870. The largest absolute Gasteiger partial charge is 0.368 e. The number of nitro benzene ring substituents is 1. The number of benzene rings is 2. The molecule has 16 heteroatoms. The lowest BCUT2D eigenvalue weighted by Gasteiger charge is -2.29. The van der Waals surface area contributed by atoms with E-state index >= 15 is 0 Å². The first-order valence-corrected chi connectivity index (χ1v) is 21.7. The number of nitro groups is 1. The predicted molar refractivity (Wildman–Crippen MR) is 224 cm³/mol. The number of primary amides is 1. The van der Waals surface area contributed by atoms with Crippen molar-refractivity contribution in [2.24, 2.45) is 15.8 Å². The maximum atomic E-state index is 14.3. The first-order chi connectivity index (χ1) is 27.9. The second kappa shape index (κ2) is 19.4. The molecule has 4 aliphatic rings. The number of hydrogen-bond acceptors (Lipinski definition) is 8. The molecule has 0 spiro atoms. The Kier molecular flexibility index (Phi) is 13.7. The van der Waals surface area contributed by atoms with Gasteiger partial charge in [0, 0.05) is 82.3 Å². The van der Waals surface area contributed by atoms with Gasteiger partial charge in [-0.05, 0) is 88.3 Å². The number of aromatic nitrogens is 1. The average Bonchev–Trinajstić information content (AvgIpc) is 4.07. The van der Waals surface area contributed by atoms with Crippen LogP contribution in [-0.2, 0) is 16.0 Å². The smallest absolute Gasteiger partial charge is 0.283 e. The average molecular weight is 800 g/mol. The molecule has 5 heterocycles. The van der Waals surface area contributed by atoms with Crippen molar-refractivity contribution in [2.45, 2.75) is 99.1 Å². The summed E-state index contributed by atoms with van der Waals surface area (Å²) in [7, 11) is 0. The molecule has 4 fully saturated rings. The first-order valence-electron chi connectivity index (χ1n) is 20.8. The molecule has 57 heavy (non-hydrogen) atoms. The molecule has 0 bridgehead atoms. The van der Waals surface area contributed by atoms with Crippen LogP contribution in [0.2, 0.25) is 0 Å². The molecule has 0 unspecified atom stereocenters. The summed E-state index contributed by atoms with van der Waals surface area (Å²) in [5, 5.41) is 21.3. The third-order valence-electron chi connectivity index (χ3n) is 11.5. The van der Waals surface area contributed by atoms with Gasteiger partial charge in [0.1, 0.15) is 12.1 Å². The fraction of sp³-hybridized carbons (Fsp3) is 0.561. The molecule has 0 saturated carbocycles. The number of guanidine groups is 2. The van der Waals surface area contributed by atoms with Crippen LogP contribution in [0.15, 0.2) is 68.5 Å². The summed E-state index contributed by atoms with van der Waals surface area (Å²) in [6.07, 6.45) is 11.4. The summed E-state index contributed by atoms with van der Waals surface area (Å²) in [6.45, 7) is 8.64. The molecule has 306 valence electrons. The molecule has 4 saturated heterocycles. The minimum atomic E-state index is -1.04. The number of para-hydroxylation sites is 2. The van der Waals surface area contributed by atoms with Gasteiger partial charge >= 0.3 is 0 Å². The SMILES string of the molecule is NC(=O)[C@H](Cc1c(Sc2ccccc2[N+](=O)[O-])[nH]c2ccccc12)NC(=O)[C@H](CCCCN=C(N1CCCC1)N1CCCC1)NN=C(N1CCCC1)N1CCCC1. The van der Waals surface area contributed by atoms with Crippen LogP contribution in [0.25, 0.3) is 10.9 Å². The van der Waals surface area contributed by atoms with Crippen LogP contribution >= 0.6 is 11.8 Å². The Morgan fingerprint density at radius 1 is 0.789 bits per heavy atom. The van der Waals surface area contributed by atoms with Crippen LogP contribution < -0.4 is 16.5 Å². The zero-order chi connectivity index (χ0) is 39.6. The van der Waals surface area contributed by atoms with Crippen molar-refractivity contribution in [1.29, 1.82) is 0 Å². The Morgan fingerprint density at radius 2 is 1.35 bits per heavy atom. The zero-order valence-electron chi connectivity index (χ0n) is 32.9. The monoisotopic (exact) mass is 799 g/mol. The fourth-order valence-corrected chi connectivity index (χ4v) is 9.50. The Labute approximate surface area is 339 Å². The number of unbranched alkanes of at least 4 members (excludes halogenated alkanes) is 1. The second-order valence-electron chi connectivity index (χ2n) is 15.5. The van der Waals surface area contributed by atoms with Gasteiger partial charge in [-0.2, -0.15) is 0 Å². The number of aromatic amines is 1. The summed E-state index contributed by atoms with van der Waals surface area (Å²) in [5.74, 6) is 0.993. The highest BCUT2D eigenvalue weighted by molar-refractivity contribution is 7.99. The maximum Gasteiger partial charge on any atom is 0.283 e. The van der Waals surface area contributed by atoms with Gasteiger partial charge in [-0.25, -0.2) is 0 Å². The van der Waals surface area contributed by atoms with Crippen LogP contribution in [-0.4, -0.2) is 124 Å². The van der Waals surface area contributed by atoms with Crippen LogP contribution in [0, 0.1) is 10.1 Å². The van der Waals surface area contributed by atoms with Gasteiger partial charge in [0.15, 0.2) is 5.96 Å². The number of H-pyrrole nitrogens is 1. The summed E-state index contributed by atoms with van der Waals surface area (Å²) in [5.41, 5.74) is 10.8. The molecule has 2 aromatic carbocycles. The highest BCUT2D eigenvalue weighted by atomic mass is 32.2. The van der Waals surface area contributed by atoms with Gasteiger partial charge in [-0.1, -0.05) is 42.1 Å². The van der Waals surface area contributed by atoms with Gasteiger partial charge < -0.3 is 35.6 Å². The van der Waals surface area contributed by atoms with Gasteiger partial charge in [-0.15, -0.1) is 5.10 Å². The van der Waals surface area contributed by atoms with E-state index in [-0.39, 0.29) is 18.0 Å². The molecule has 2 amide bonds. The zero-order valence-corrected chi connectivity index (χ0v) is 33.7. The number of fused-ring (bicyclic) bond motifs is 1. The number of amides is 2. The third-order valence-corrected chi connectivity index (χ3v) is 12.6. The van der Waals surface area contributed by atoms with E-state index in [4.69, 9.17) is 15.8 Å². The normalized spacial score (nSPS) is 17.9. The summed E-state index contributed by atoms with van der Waals surface area (Å²) in [6, 6.07) is 12.5. The number of nitrogens with two attached hydrogens (primary N) is 1. The Hall–Kier alpha value is -4.99. The molecule has 2 atom stereocenters. The predicted octanol–water partition coefficient (Wildman–Crippen LogP) is 4.88. The van der Waals surface area contributed by atoms with Crippen molar-refractivity contribution in [3.8, 4) is 0 Å². The molecule has 4 aliphatic heterocycles. The van der Waals surface area contributed by atoms with E-state index in [1.54, 1.807) is 18.2 Å². The molecule has 1 aromatic heterocycles. The van der Waals surface area contributed by atoms with E-state index in [0.717, 1.165) is 119 Å². The molecule has 3 aromatic rings. The molecular formula is C41H57N11O4S. The van der Waals surface area contributed by atoms with Crippen molar-refractivity contribution in [2.75, 3.05) is 58.9 Å². The van der Waals surface area contributed by atoms with Crippen molar-refractivity contribution in [3.63, 3.8) is 0 Å². The number of nitrogens with one attached hydrogen (secondary N) is 3. The molecular weight excluding hydrogens is 743 g/mol. The summed E-state index contributed by atoms with van der Waals surface area (Å²) < 4.78 is 0. The lowest BCUT2D eigenvalue weighted by atomic mass is 10.0. The third kappa shape index (κ3) is 10.1. The number of hydrazone groups is 1. The quantitative estimate of drug-likeness (QED) is 0.0544. The molecule has 7 rings (SSSR count). The number of likely N-dealkylation sites (tertiary alicyclic amines) is 4. The first kappa shape index (κ1) is 40.2. The maximum absolute atomic E-state index is 14.3. The molecule has 5 N–H and O–H groups in total. The number of nitrogens with zero attached hydrogens (tertiary/aromatic N) is 7. The van der Waals surface area contributed by atoms with Crippen LogP contribution in [0.5, 0.6) is 0 Å². The number of rotatable bonds is 15. The van der Waals surface area contributed by atoms with E-state index in [0.29, 0.717) is 22.9 Å². The number of hydrogen-bond donors (Lipinski definition) is 4. The highest BCUT2D eigenvalue weighted by Crippen LogP contribution is 2.39. The van der Waals surface area contributed by atoms with Crippen LogP contribution in [0.1, 0.15) is 76.2 Å². The van der Waals surface area contributed by atoms with Crippen molar-refractivity contribution in [1.82, 2.24) is 35.3 Å². The number of aliphatic imine (C=N–C) groups is 1. The van der Waals surface area contributed by atoms with Crippen LogP contribution in [0.4, 0.5) is 5.69 Å². The molecule has 0 aliphatic carbocycles. The lowest BCUT2D eigenvalue weighted by Crippen LogP contribution is -2.52. The number of carbonyl (C=O) groups excluding carboxylic acids is 2. The van der Waals surface area contributed by atoms with E-state index in [9.17, 15) is 19.7 Å². The van der Waals surface area contributed by atoms with Crippen molar-refractivity contribution in [3.05, 3.63) is 64.2 Å². The topological polar surface area (TPSA) is 181 Å². The Morgan fingerprint density at radius 3 is 1.95 bits per heavy atom. The standard InChI is InChI=1S/C41H57N11O4S/c42-37(53)34(29-31-30-15-1-2-16-32(30)45-39(31)57-36-19-4-3-18-35(36)52(55)56)44-38(54)33(46-47-41(50-25-11-12-26-50)51-27-13-14-28-51)17-5-6-20-43-40(48-21-7-8-22-48)49-23-9-10-24-49/h1-4,15-16,18-19,33-34,45-46H,5-14,17,20-29H2,(H2,42,53)(H,44,54)/t33-,34-/m0/s1. The van der Waals surface area contributed by atoms with E-state index in [1.807, 2.05) is 24.3 Å². The Balaban J connectivity index is 1.09. The van der Waals surface area contributed by atoms with Crippen LogP contribution in [0.3, 0.4) is 0 Å². The van der Waals surface area contributed by atoms with E-state index in [1.165, 1.54) is 43.5 Å². The van der Waals surface area contributed by atoms with Gasteiger partial charge in [0.05, 0.1) is 14.8 Å².